The van der Waals surface area contributed by atoms with E-state index in [0.29, 0.717) is 5.56 Å². The molecular weight excluding hydrogens is 258 g/mol. The van der Waals surface area contributed by atoms with Crippen molar-refractivity contribution in [1.82, 2.24) is 5.32 Å². The number of rotatable bonds is 5. The quantitative estimate of drug-likeness (QED) is 0.808. The number of carbonyl (C=O) groups excluding carboxylic acids is 1. The van der Waals surface area contributed by atoms with E-state index in [4.69, 9.17) is 5.11 Å². The highest BCUT2D eigenvalue weighted by atomic mass is 32.2. The monoisotopic (exact) mass is 277 g/mol. The van der Waals surface area contributed by atoms with Gasteiger partial charge in [0, 0.05) is 22.9 Å². The van der Waals surface area contributed by atoms with Gasteiger partial charge in [0.05, 0.1) is 0 Å². The zero-order chi connectivity index (χ0) is 14.1. The molecule has 0 aliphatic carbocycles. The summed E-state index contributed by atoms with van der Waals surface area (Å²) < 4.78 is 0. The molecule has 0 fully saturated rings. The van der Waals surface area contributed by atoms with E-state index >= 15 is 0 Å². The molecule has 0 aliphatic rings. The zero-order valence-electron chi connectivity index (χ0n) is 11.3. The number of amides is 1. The summed E-state index contributed by atoms with van der Waals surface area (Å²) in [6.07, 6.45) is 0. The Morgan fingerprint density at radius 3 is 2.68 bits per heavy atom. The predicted octanol–water partition coefficient (Wildman–Crippen LogP) is 1.90. The van der Waals surface area contributed by atoms with E-state index in [-0.39, 0.29) is 18.6 Å². The lowest BCUT2D eigenvalue weighted by molar-refractivity contribution is 0.0944. The molecule has 0 bridgehead atoms. The van der Waals surface area contributed by atoms with Crippen LogP contribution in [-0.4, -0.2) is 35.2 Å². The number of aliphatic hydroxyl groups excluding tert-OH is 1. The van der Waals surface area contributed by atoms with Crippen molar-refractivity contribution >= 4 is 17.7 Å². The number of carbonyl (C=O) groups is 1. The lowest BCUT2D eigenvalue weighted by Gasteiger charge is -2.13. The average Bonchev–Trinajstić information content (AvgIpc) is 2.43. The first-order chi connectivity index (χ1) is 9.17. The van der Waals surface area contributed by atoms with Gasteiger partial charge in [0.15, 0.2) is 0 Å². The molecule has 0 heterocycles. The van der Waals surface area contributed by atoms with Crippen molar-refractivity contribution in [3.63, 3.8) is 0 Å². The fraction of sp³-hybridized carbons (Fsp3) is 0.400. The van der Waals surface area contributed by atoms with Crippen molar-refractivity contribution < 1.29 is 9.90 Å². The Labute approximate surface area is 118 Å². The lowest BCUT2D eigenvalue weighted by Crippen LogP contribution is -2.34. The van der Waals surface area contributed by atoms with Gasteiger partial charge in [-0.1, -0.05) is 18.8 Å². The molecule has 0 saturated heterocycles. The van der Waals surface area contributed by atoms with E-state index in [9.17, 15) is 4.79 Å². The molecule has 1 aromatic carbocycles. The molecule has 0 saturated carbocycles. The largest absolute Gasteiger partial charge is 0.384 e. The third-order valence-corrected chi connectivity index (χ3v) is 3.55. The van der Waals surface area contributed by atoms with Crippen LogP contribution in [0.25, 0.3) is 0 Å². The van der Waals surface area contributed by atoms with Gasteiger partial charge in [-0.25, -0.2) is 0 Å². The fourth-order valence-electron chi connectivity index (χ4n) is 1.49. The Morgan fingerprint density at radius 1 is 1.42 bits per heavy atom. The maximum Gasteiger partial charge on any atom is 0.251 e. The summed E-state index contributed by atoms with van der Waals surface area (Å²) in [6, 6.07) is 7.21. The van der Waals surface area contributed by atoms with Crippen LogP contribution in [0.4, 0.5) is 0 Å². The van der Waals surface area contributed by atoms with Crippen LogP contribution < -0.4 is 5.32 Å². The van der Waals surface area contributed by atoms with E-state index in [1.54, 1.807) is 24.3 Å². The molecule has 1 rings (SSSR count). The highest BCUT2D eigenvalue weighted by Crippen LogP contribution is 2.05. The molecule has 102 valence electrons. The van der Waals surface area contributed by atoms with Gasteiger partial charge in [-0.05, 0) is 36.9 Å². The Morgan fingerprint density at radius 2 is 2.11 bits per heavy atom. The second-order valence-corrected chi connectivity index (χ2v) is 5.39. The van der Waals surface area contributed by atoms with Crippen molar-refractivity contribution in [2.45, 2.75) is 19.9 Å². The summed E-state index contributed by atoms with van der Waals surface area (Å²) in [4.78, 5) is 11.9. The molecular formula is C15H19NO2S. The molecule has 2 N–H and O–H groups in total. The molecule has 1 atom stereocenters. The predicted molar refractivity (Wildman–Crippen MR) is 80.3 cm³/mol. The van der Waals surface area contributed by atoms with Crippen molar-refractivity contribution in [3.8, 4) is 11.8 Å². The van der Waals surface area contributed by atoms with Crippen LogP contribution in [0.5, 0.6) is 0 Å². The number of aliphatic hydroxyl groups is 1. The molecule has 3 nitrogen and oxygen atoms in total. The standard InChI is InChI=1S/C15H19NO2S/c1-3-19-11-12(2)16-15(18)14-8-6-13(7-9-14)5-4-10-17/h6-9,12,17H,3,10-11H2,1-2H3,(H,16,18). The molecule has 1 aromatic rings. The number of hydrogen-bond acceptors (Lipinski definition) is 3. The summed E-state index contributed by atoms with van der Waals surface area (Å²) in [5.74, 6) is 7.27. The normalized spacial score (nSPS) is 11.3. The van der Waals surface area contributed by atoms with Crippen LogP contribution in [0.15, 0.2) is 24.3 Å². The molecule has 1 amide bonds. The lowest BCUT2D eigenvalue weighted by atomic mass is 10.1. The van der Waals surface area contributed by atoms with Crippen LogP contribution in [0.2, 0.25) is 0 Å². The maximum absolute atomic E-state index is 11.9. The Balaban J connectivity index is 2.57. The van der Waals surface area contributed by atoms with E-state index in [1.165, 1.54) is 0 Å². The van der Waals surface area contributed by atoms with Crippen LogP contribution in [0, 0.1) is 11.8 Å². The summed E-state index contributed by atoms with van der Waals surface area (Å²) in [7, 11) is 0. The van der Waals surface area contributed by atoms with E-state index < -0.39 is 0 Å². The summed E-state index contributed by atoms with van der Waals surface area (Å²) in [5.41, 5.74) is 1.42. The van der Waals surface area contributed by atoms with Crippen LogP contribution >= 0.6 is 11.8 Å². The van der Waals surface area contributed by atoms with Gasteiger partial charge < -0.3 is 10.4 Å². The molecule has 0 aromatic heterocycles. The highest BCUT2D eigenvalue weighted by molar-refractivity contribution is 7.99. The van der Waals surface area contributed by atoms with Gasteiger partial charge in [0.1, 0.15) is 6.61 Å². The van der Waals surface area contributed by atoms with Gasteiger partial charge in [-0.15, -0.1) is 0 Å². The topological polar surface area (TPSA) is 49.3 Å². The summed E-state index contributed by atoms with van der Waals surface area (Å²) in [6.45, 7) is 3.95. The van der Waals surface area contributed by atoms with Crippen molar-refractivity contribution in [2.75, 3.05) is 18.1 Å². The molecule has 4 heteroatoms. The first kappa shape index (κ1) is 15.6. The van der Waals surface area contributed by atoms with Gasteiger partial charge in [-0.2, -0.15) is 11.8 Å². The highest BCUT2D eigenvalue weighted by Gasteiger charge is 2.09. The van der Waals surface area contributed by atoms with E-state index in [0.717, 1.165) is 17.1 Å². The van der Waals surface area contributed by atoms with Crippen molar-refractivity contribution in [2.24, 2.45) is 0 Å². The minimum atomic E-state index is -0.158. The molecule has 19 heavy (non-hydrogen) atoms. The van der Waals surface area contributed by atoms with Gasteiger partial charge in [0.25, 0.3) is 5.91 Å². The maximum atomic E-state index is 11.9. The first-order valence-corrected chi connectivity index (χ1v) is 7.41. The van der Waals surface area contributed by atoms with Crippen LogP contribution in [-0.2, 0) is 0 Å². The third-order valence-electron chi connectivity index (χ3n) is 2.41. The Bertz CT molecular complexity index is 459. The Kier molecular flexibility index (Phi) is 7.09. The molecule has 0 aliphatic heterocycles. The van der Waals surface area contributed by atoms with E-state index in [2.05, 4.69) is 24.1 Å². The number of nitrogens with one attached hydrogen (secondary N) is 1. The zero-order valence-corrected chi connectivity index (χ0v) is 12.1. The smallest absolute Gasteiger partial charge is 0.251 e. The van der Waals surface area contributed by atoms with Crippen molar-refractivity contribution in [3.05, 3.63) is 35.4 Å². The average molecular weight is 277 g/mol. The molecule has 1 unspecified atom stereocenters. The fourth-order valence-corrected chi connectivity index (χ4v) is 2.16. The third kappa shape index (κ3) is 5.82. The SMILES string of the molecule is CCSCC(C)NC(=O)c1ccc(C#CCO)cc1. The van der Waals surface area contributed by atoms with Gasteiger partial charge in [0.2, 0.25) is 0 Å². The second kappa shape index (κ2) is 8.63. The minimum absolute atomic E-state index is 0.0640. The van der Waals surface area contributed by atoms with Crippen molar-refractivity contribution in [1.29, 1.82) is 0 Å². The van der Waals surface area contributed by atoms with Crippen LogP contribution in [0.1, 0.15) is 29.8 Å². The van der Waals surface area contributed by atoms with Gasteiger partial charge >= 0.3 is 0 Å². The molecule has 0 spiro atoms. The van der Waals surface area contributed by atoms with E-state index in [1.807, 2.05) is 18.7 Å². The number of hydrogen-bond donors (Lipinski definition) is 2. The van der Waals surface area contributed by atoms with Gasteiger partial charge in [-0.3, -0.25) is 4.79 Å². The second-order valence-electron chi connectivity index (χ2n) is 4.07. The number of benzene rings is 1. The summed E-state index contributed by atoms with van der Waals surface area (Å²) >= 11 is 1.81. The Hall–Kier alpha value is -1.44. The minimum Gasteiger partial charge on any atom is -0.384 e. The van der Waals surface area contributed by atoms with Crippen LogP contribution in [0.3, 0.4) is 0 Å². The first-order valence-electron chi connectivity index (χ1n) is 6.25. The number of thioether (sulfide) groups is 1. The summed E-state index contributed by atoms with van der Waals surface area (Å²) in [5, 5.41) is 11.6. The molecule has 0 radical (unpaired) electrons.